The van der Waals surface area contributed by atoms with Crippen LogP contribution in [0.1, 0.15) is 24.0 Å². The van der Waals surface area contributed by atoms with E-state index in [9.17, 15) is 18.0 Å². The SMILES string of the molecule is O=C(Nc1ccc(-c2cccc(-c3ccc(C(F)(F)F)cc3)c2)cc1)C1(c2ccc(-c3cn[nH]c3)cc2)CCNCC1. The Balaban J connectivity index is 1.20. The number of aromatic amines is 1. The van der Waals surface area contributed by atoms with Gasteiger partial charge in [-0.15, -0.1) is 0 Å². The van der Waals surface area contributed by atoms with Gasteiger partial charge in [-0.2, -0.15) is 18.3 Å². The van der Waals surface area contributed by atoms with Crippen LogP contribution in [-0.2, 0) is 16.4 Å². The summed E-state index contributed by atoms with van der Waals surface area (Å²) in [7, 11) is 0. The molecular weight excluding hydrogens is 537 g/mol. The van der Waals surface area contributed by atoms with Gasteiger partial charge >= 0.3 is 6.18 Å². The number of aromatic nitrogens is 2. The summed E-state index contributed by atoms with van der Waals surface area (Å²) in [5.41, 5.74) is 5.81. The zero-order chi connectivity index (χ0) is 29.2. The number of alkyl halides is 3. The number of amides is 1. The molecule has 0 aliphatic carbocycles. The van der Waals surface area contributed by atoms with E-state index < -0.39 is 17.2 Å². The quantitative estimate of drug-likeness (QED) is 0.197. The molecule has 1 aliphatic rings. The molecule has 212 valence electrons. The molecule has 0 bridgehead atoms. The van der Waals surface area contributed by atoms with Crippen molar-refractivity contribution < 1.29 is 18.0 Å². The number of rotatable bonds is 6. The second-order valence-corrected chi connectivity index (χ2v) is 10.6. The van der Waals surface area contributed by atoms with Gasteiger partial charge in [0.15, 0.2) is 0 Å². The number of halogens is 3. The van der Waals surface area contributed by atoms with E-state index in [1.165, 1.54) is 12.1 Å². The van der Waals surface area contributed by atoms with Gasteiger partial charge in [0.2, 0.25) is 5.91 Å². The number of H-pyrrole nitrogens is 1. The maximum atomic E-state index is 13.8. The number of nitrogens with one attached hydrogen (secondary N) is 3. The monoisotopic (exact) mass is 566 g/mol. The fourth-order valence-corrected chi connectivity index (χ4v) is 5.62. The summed E-state index contributed by atoms with van der Waals surface area (Å²) in [4.78, 5) is 13.8. The van der Waals surface area contributed by atoms with E-state index in [1.54, 1.807) is 6.20 Å². The Hall–Kier alpha value is -4.69. The Bertz CT molecular complexity index is 1650. The van der Waals surface area contributed by atoms with Gasteiger partial charge in [-0.3, -0.25) is 9.89 Å². The first kappa shape index (κ1) is 27.5. The van der Waals surface area contributed by atoms with E-state index in [2.05, 4.69) is 20.8 Å². The van der Waals surface area contributed by atoms with Gasteiger partial charge in [0.05, 0.1) is 17.2 Å². The molecule has 1 aromatic heterocycles. The van der Waals surface area contributed by atoms with Crippen LogP contribution < -0.4 is 10.6 Å². The molecule has 0 radical (unpaired) electrons. The van der Waals surface area contributed by atoms with Crippen molar-refractivity contribution in [3.8, 4) is 33.4 Å². The van der Waals surface area contributed by atoms with Crippen LogP contribution in [0.15, 0.2) is 109 Å². The Morgan fingerprint density at radius 3 is 1.88 bits per heavy atom. The summed E-state index contributed by atoms with van der Waals surface area (Å²) in [6.45, 7) is 1.51. The molecule has 0 atom stereocenters. The van der Waals surface area contributed by atoms with Crippen LogP contribution in [0, 0.1) is 0 Å². The van der Waals surface area contributed by atoms with E-state index in [-0.39, 0.29) is 5.91 Å². The van der Waals surface area contributed by atoms with Crippen molar-refractivity contribution in [1.82, 2.24) is 15.5 Å². The van der Waals surface area contributed by atoms with E-state index >= 15 is 0 Å². The molecule has 1 saturated heterocycles. The highest BCUT2D eigenvalue weighted by Crippen LogP contribution is 2.37. The highest BCUT2D eigenvalue weighted by Gasteiger charge is 2.41. The first-order valence-corrected chi connectivity index (χ1v) is 13.8. The lowest BCUT2D eigenvalue weighted by molar-refractivity contribution is -0.137. The standard InChI is InChI=1S/C34H29F3N4O/c35-34(36,37)30-12-6-23(7-13-30)26-2-1-3-27(20-26)24-8-14-31(15-9-24)41-32(42)33(16-18-38-19-17-33)29-10-4-25(5-11-29)28-21-39-40-22-28/h1-15,20-22,38H,16-19H2,(H,39,40)(H,41,42). The van der Waals surface area contributed by atoms with Gasteiger partial charge in [-0.05, 0) is 89.6 Å². The van der Waals surface area contributed by atoms with Crippen LogP contribution in [0.3, 0.4) is 0 Å². The minimum Gasteiger partial charge on any atom is -0.325 e. The van der Waals surface area contributed by atoms with Crippen molar-refractivity contribution in [3.05, 3.63) is 121 Å². The fraction of sp³-hybridized carbons (Fsp3) is 0.176. The zero-order valence-electron chi connectivity index (χ0n) is 22.7. The minimum atomic E-state index is -4.36. The van der Waals surface area contributed by atoms with E-state index in [0.29, 0.717) is 24.1 Å². The van der Waals surface area contributed by atoms with Gasteiger partial charge in [-0.25, -0.2) is 0 Å². The largest absolute Gasteiger partial charge is 0.416 e. The van der Waals surface area contributed by atoms with Crippen molar-refractivity contribution >= 4 is 11.6 Å². The summed E-state index contributed by atoms with van der Waals surface area (Å²) in [5.74, 6) is -0.0305. The third kappa shape index (κ3) is 5.58. The lowest BCUT2D eigenvalue weighted by Gasteiger charge is -2.37. The highest BCUT2D eigenvalue weighted by atomic mass is 19.4. The lowest BCUT2D eigenvalue weighted by Crippen LogP contribution is -2.48. The maximum absolute atomic E-state index is 13.8. The average molecular weight is 567 g/mol. The molecule has 0 spiro atoms. The molecule has 1 amide bonds. The Kier molecular flexibility index (Phi) is 7.39. The van der Waals surface area contributed by atoms with Crippen LogP contribution in [0.2, 0.25) is 0 Å². The summed E-state index contributed by atoms with van der Waals surface area (Å²) in [6, 6.07) is 28.6. The van der Waals surface area contributed by atoms with Gasteiger partial charge in [0.1, 0.15) is 0 Å². The number of piperidine rings is 1. The van der Waals surface area contributed by atoms with Crippen LogP contribution >= 0.6 is 0 Å². The number of hydrogen-bond donors (Lipinski definition) is 3. The number of benzene rings is 4. The van der Waals surface area contributed by atoms with Crippen LogP contribution in [0.4, 0.5) is 18.9 Å². The Morgan fingerprint density at radius 1 is 0.738 bits per heavy atom. The van der Waals surface area contributed by atoms with Crippen molar-refractivity contribution in [3.63, 3.8) is 0 Å². The molecule has 0 unspecified atom stereocenters. The van der Waals surface area contributed by atoms with Crippen LogP contribution in [-0.4, -0.2) is 29.2 Å². The molecule has 0 saturated carbocycles. The third-order valence-electron chi connectivity index (χ3n) is 8.05. The summed E-state index contributed by atoms with van der Waals surface area (Å²) in [6.07, 6.45) is 0.640. The van der Waals surface area contributed by atoms with Crippen molar-refractivity contribution in [1.29, 1.82) is 0 Å². The first-order chi connectivity index (χ1) is 20.3. The molecule has 1 aliphatic heterocycles. The van der Waals surface area contributed by atoms with E-state index in [4.69, 9.17) is 0 Å². The Morgan fingerprint density at radius 2 is 1.31 bits per heavy atom. The van der Waals surface area contributed by atoms with Crippen LogP contribution in [0.25, 0.3) is 33.4 Å². The van der Waals surface area contributed by atoms with Gasteiger partial charge in [-0.1, -0.05) is 66.7 Å². The number of carbonyl (C=O) groups excluding carboxylic acids is 1. The molecule has 3 N–H and O–H groups in total. The lowest BCUT2D eigenvalue weighted by atomic mass is 9.72. The number of nitrogens with zero attached hydrogens (tertiary/aromatic N) is 1. The van der Waals surface area contributed by atoms with Gasteiger partial charge < -0.3 is 10.6 Å². The highest BCUT2D eigenvalue weighted by molar-refractivity contribution is 5.99. The molecular formula is C34H29F3N4O. The number of hydrogen-bond acceptors (Lipinski definition) is 3. The molecule has 5 nitrogen and oxygen atoms in total. The third-order valence-corrected chi connectivity index (χ3v) is 8.05. The maximum Gasteiger partial charge on any atom is 0.416 e. The molecule has 2 heterocycles. The summed E-state index contributed by atoms with van der Waals surface area (Å²) in [5, 5.41) is 13.4. The number of anilines is 1. The second-order valence-electron chi connectivity index (χ2n) is 10.6. The summed E-state index contributed by atoms with van der Waals surface area (Å²) < 4.78 is 38.9. The average Bonchev–Trinajstić information content (AvgIpc) is 3.57. The predicted molar refractivity (Wildman–Crippen MR) is 159 cm³/mol. The molecule has 8 heteroatoms. The fourth-order valence-electron chi connectivity index (χ4n) is 5.62. The summed E-state index contributed by atoms with van der Waals surface area (Å²) >= 11 is 0. The zero-order valence-corrected chi connectivity index (χ0v) is 22.7. The van der Waals surface area contributed by atoms with Crippen molar-refractivity contribution in [2.45, 2.75) is 24.4 Å². The molecule has 1 fully saturated rings. The van der Waals surface area contributed by atoms with E-state index in [0.717, 1.165) is 58.6 Å². The molecule has 4 aromatic carbocycles. The van der Waals surface area contributed by atoms with E-state index in [1.807, 2.05) is 79.0 Å². The normalized spacial score (nSPS) is 14.8. The van der Waals surface area contributed by atoms with Crippen molar-refractivity contribution in [2.75, 3.05) is 18.4 Å². The second kappa shape index (κ2) is 11.3. The number of carbonyl (C=O) groups is 1. The minimum absolute atomic E-state index is 0.0305. The molecule has 5 aromatic rings. The van der Waals surface area contributed by atoms with Crippen molar-refractivity contribution in [2.24, 2.45) is 0 Å². The van der Waals surface area contributed by atoms with Crippen LogP contribution in [0.5, 0.6) is 0 Å². The molecule has 42 heavy (non-hydrogen) atoms. The predicted octanol–water partition coefficient (Wildman–Crippen LogP) is 7.69. The topological polar surface area (TPSA) is 69.8 Å². The first-order valence-electron chi connectivity index (χ1n) is 13.8. The molecule has 6 rings (SSSR count). The van der Waals surface area contributed by atoms with Gasteiger partial charge in [0, 0.05) is 17.4 Å². The smallest absolute Gasteiger partial charge is 0.325 e. The Labute approximate surface area is 241 Å². The van der Waals surface area contributed by atoms with Gasteiger partial charge in [0.25, 0.3) is 0 Å².